The van der Waals surface area contributed by atoms with Gasteiger partial charge in [-0.1, -0.05) is 37.3 Å². The second kappa shape index (κ2) is 8.08. The maximum absolute atomic E-state index is 13.2. The molecule has 0 spiro atoms. The number of Topliss-reactive ketones (excluding diaryl/α,β-unsaturated/α-hetero) is 1. The summed E-state index contributed by atoms with van der Waals surface area (Å²) in [4.78, 5) is 13.2. The fourth-order valence-corrected chi connectivity index (χ4v) is 4.21. The first-order chi connectivity index (χ1) is 14.0. The van der Waals surface area contributed by atoms with Crippen LogP contribution in [-0.2, 0) is 16.0 Å². The van der Waals surface area contributed by atoms with Crippen molar-refractivity contribution in [3.05, 3.63) is 53.6 Å². The number of carbonyl (C=O) groups is 1. The lowest BCUT2D eigenvalue weighted by Gasteiger charge is -2.48. The number of aliphatic hydroxyl groups excluding tert-OH is 1. The highest BCUT2D eigenvalue weighted by molar-refractivity contribution is 5.94. The first kappa shape index (κ1) is 22.4. The van der Waals surface area contributed by atoms with Crippen molar-refractivity contribution in [3.63, 3.8) is 0 Å². The number of ether oxygens (including phenoxy) is 2. The number of benzene rings is 2. The van der Waals surface area contributed by atoms with E-state index < -0.39 is 29.8 Å². The Morgan fingerprint density at radius 3 is 2.23 bits per heavy atom. The molecule has 4 nitrogen and oxygen atoms in total. The smallest absolute Gasteiger partial charge is 0.387 e. The lowest BCUT2D eigenvalue weighted by Crippen LogP contribution is -2.60. The standard InChI is InChI=1S/C24H28F2O4/c1-6-14-7-8-16(15-9-11-17(12-10-15)29-22(25)26)13-18(14)19-20(27)23(2,3)30-24(4,5)21(19)28/h7-13,19-20,22,27H,6H2,1-5H3. The van der Waals surface area contributed by atoms with Crippen LogP contribution in [0.1, 0.15) is 51.7 Å². The summed E-state index contributed by atoms with van der Waals surface area (Å²) in [6.07, 6.45) is -0.296. The molecule has 2 aromatic rings. The molecule has 0 aliphatic carbocycles. The van der Waals surface area contributed by atoms with Gasteiger partial charge in [0.15, 0.2) is 5.78 Å². The normalized spacial score (nSPS) is 22.9. The third-order valence-electron chi connectivity index (χ3n) is 5.70. The third kappa shape index (κ3) is 4.25. The Labute approximate surface area is 175 Å². The van der Waals surface area contributed by atoms with Crippen molar-refractivity contribution >= 4 is 5.78 Å². The van der Waals surface area contributed by atoms with Gasteiger partial charge in [-0.15, -0.1) is 0 Å². The van der Waals surface area contributed by atoms with Gasteiger partial charge in [-0.25, -0.2) is 0 Å². The number of halogens is 2. The van der Waals surface area contributed by atoms with Gasteiger partial charge >= 0.3 is 6.61 Å². The first-order valence-corrected chi connectivity index (χ1v) is 10.1. The van der Waals surface area contributed by atoms with E-state index in [1.807, 2.05) is 25.1 Å². The molecule has 1 saturated heterocycles. The molecule has 30 heavy (non-hydrogen) atoms. The highest BCUT2D eigenvalue weighted by Crippen LogP contribution is 2.43. The van der Waals surface area contributed by atoms with Crippen molar-refractivity contribution in [2.45, 2.75) is 70.9 Å². The van der Waals surface area contributed by atoms with Gasteiger partial charge in [0, 0.05) is 0 Å². The molecule has 2 aromatic carbocycles. The number of alkyl halides is 2. The van der Waals surface area contributed by atoms with Crippen LogP contribution >= 0.6 is 0 Å². The number of carbonyl (C=O) groups excluding carboxylic acids is 1. The summed E-state index contributed by atoms with van der Waals surface area (Å²) in [5.41, 5.74) is 1.45. The zero-order valence-electron chi connectivity index (χ0n) is 17.9. The molecule has 6 heteroatoms. The average molecular weight is 418 g/mol. The van der Waals surface area contributed by atoms with Crippen LogP contribution in [0.25, 0.3) is 11.1 Å². The summed E-state index contributed by atoms with van der Waals surface area (Å²) in [5.74, 6) is -0.806. The summed E-state index contributed by atoms with van der Waals surface area (Å²) in [6.45, 7) is 6.16. The summed E-state index contributed by atoms with van der Waals surface area (Å²) in [7, 11) is 0. The van der Waals surface area contributed by atoms with Gasteiger partial charge in [0.1, 0.15) is 11.4 Å². The monoisotopic (exact) mass is 418 g/mol. The van der Waals surface area contributed by atoms with E-state index in [9.17, 15) is 18.7 Å². The van der Waals surface area contributed by atoms with Crippen LogP contribution in [0.2, 0.25) is 0 Å². The van der Waals surface area contributed by atoms with Crippen LogP contribution in [-0.4, -0.2) is 34.8 Å². The molecule has 2 atom stereocenters. The Morgan fingerprint density at radius 1 is 1.07 bits per heavy atom. The molecule has 1 aliphatic rings. The molecule has 0 saturated carbocycles. The van der Waals surface area contributed by atoms with Crippen LogP contribution in [0.4, 0.5) is 8.78 Å². The zero-order chi connectivity index (χ0) is 22.3. The molecular formula is C24H28F2O4. The molecule has 0 aromatic heterocycles. The van der Waals surface area contributed by atoms with Crippen molar-refractivity contribution in [1.29, 1.82) is 0 Å². The third-order valence-corrected chi connectivity index (χ3v) is 5.70. The molecule has 3 rings (SSSR count). The van der Waals surface area contributed by atoms with Gasteiger partial charge in [0.2, 0.25) is 0 Å². The summed E-state index contributed by atoms with van der Waals surface area (Å²) in [6, 6.07) is 12.1. The van der Waals surface area contributed by atoms with Crippen LogP contribution in [0.3, 0.4) is 0 Å². The Bertz CT molecular complexity index is 919. The van der Waals surface area contributed by atoms with E-state index in [1.54, 1.807) is 39.8 Å². The fraction of sp³-hybridized carbons (Fsp3) is 0.458. The number of aryl methyl sites for hydroxylation is 1. The lowest BCUT2D eigenvalue weighted by atomic mass is 9.72. The highest BCUT2D eigenvalue weighted by Gasteiger charge is 2.53. The van der Waals surface area contributed by atoms with Gasteiger partial charge in [-0.05, 0) is 68.5 Å². The number of rotatable bonds is 5. The number of aliphatic hydroxyl groups is 1. The van der Waals surface area contributed by atoms with E-state index in [0.717, 1.165) is 22.3 Å². The van der Waals surface area contributed by atoms with Gasteiger partial charge < -0.3 is 14.6 Å². The summed E-state index contributed by atoms with van der Waals surface area (Å²) < 4.78 is 35.1. The van der Waals surface area contributed by atoms with E-state index in [1.165, 1.54) is 12.1 Å². The predicted octanol–water partition coefficient (Wildman–Crippen LogP) is 5.12. The Balaban J connectivity index is 2.05. The molecule has 162 valence electrons. The molecular weight excluding hydrogens is 390 g/mol. The molecule has 1 aliphatic heterocycles. The van der Waals surface area contributed by atoms with Crippen molar-refractivity contribution < 1.29 is 28.2 Å². The molecule has 1 N–H and O–H groups in total. The summed E-state index contributed by atoms with van der Waals surface area (Å²) in [5, 5.41) is 11.0. The topological polar surface area (TPSA) is 55.8 Å². The maximum atomic E-state index is 13.2. The van der Waals surface area contributed by atoms with Crippen LogP contribution < -0.4 is 4.74 Å². The summed E-state index contributed by atoms with van der Waals surface area (Å²) >= 11 is 0. The average Bonchev–Trinajstić information content (AvgIpc) is 2.66. The Hall–Kier alpha value is -2.31. The Kier molecular flexibility index (Phi) is 6.03. The number of hydrogen-bond donors (Lipinski definition) is 1. The van der Waals surface area contributed by atoms with Gasteiger partial charge in [-0.2, -0.15) is 8.78 Å². The largest absolute Gasteiger partial charge is 0.435 e. The van der Waals surface area contributed by atoms with E-state index in [4.69, 9.17) is 4.74 Å². The van der Waals surface area contributed by atoms with E-state index in [-0.39, 0.29) is 11.5 Å². The number of hydrogen-bond acceptors (Lipinski definition) is 4. The zero-order valence-corrected chi connectivity index (χ0v) is 17.9. The maximum Gasteiger partial charge on any atom is 0.387 e. The van der Waals surface area contributed by atoms with Gasteiger partial charge in [-0.3, -0.25) is 4.79 Å². The van der Waals surface area contributed by atoms with Crippen LogP contribution in [0, 0.1) is 0 Å². The highest BCUT2D eigenvalue weighted by atomic mass is 19.3. The second-order valence-electron chi connectivity index (χ2n) is 8.67. The van der Waals surface area contributed by atoms with Gasteiger partial charge in [0.05, 0.1) is 17.6 Å². The van der Waals surface area contributed by atoms with Crippen molar-refractivity contribution in [3.8, 4) is 16.9 Å². The molecule has 2 unspecified atom stereocenters. The van der Waals surface area contributed by atoms with E-state index in [2.05, 4.69) is 4.74 Å². The Morgan fingerprint density at radius 2 is 1.67 bits per heavy atom. The fourth-order valence-electron chi connectivity index (χ4n) is 4.21. The second-order valence-corrected chi connectivity index (χ2v) is 8.67. The molecule has 1 heterocycles. The molecule has 0 radical (unpaired) electrons. The first-order valence-electron chi connectivity index (χ1n) is 10.1. The SMILES string of the molecule is CCc1ccc(-c2ccc(OC(F)F)cc2)cc1C1C(=O)C(C)(C)OC(C)(C)C1O. The minimum atomic E-state index is -2.88. The molecule has 1 fully saturated rings. The van der Waals surface area contributed by atoms with Crippen LogP contribution in [0.5, 0.6) is 5.75 Å². The lowest BCUT2D eigenvalue weighted by molar-refractivity contribution is -0.210. The minimum absolute atomic E-state index is 0.0812. The van der Waals surface area contributed by atoms with Crippen LogP contribution in [0.15, 0.2) is 42.5 Å². The quantitative estimate of drug-likeness (QED) is 0.732. The predicted molar refractivity (Wildman–Crippen MR) is 111 cm³/mol. The van der Waals surface area contributed by atoms with E-state index in [0.29, 0.717) is 6.42 Å². The molecule has 0 amide bonds. The van der Waals surface area contributed by atoms with Crippen molar-refractivity contribution in [2.75, 3.05) is 0 Å². The molecule has 0 bridgehead atoms. The van der Waals surface area contributed by atoms with E-state index >= 15 is 0 Å². The van der Waals surface area contributed by atoms with Crippen molar-refractivity contribution in [1.82, 2.24) is 0 Å². The minimum Gasteiger partial charge on any atom is -0.435 e. The van der Waals surface area contributed by atoms with Crippen molar-refractivity contribution in [2.24, 2.45) is 0 Å². The number of ketones is 1. The van der Waals surface area contributed by atoms with Gasteiger partial charge in [0.25, 0.3) is 0 Å².